The van der Waals surface area contributed by atoms with Crippen LogP contribution in [0.4, 0.5) is 0 Å². The third kappa shape index (κ3) is 3.83. The van der Waals surface area contributed by atoms with Crippen LogP contribution >= 0.6 is 0 Å². The molecule has 0 bridgehead atoms. The summed E-state index contributed by atoms with van der Waals surface area (Å²) in [5.41, 5.74) is 3.19. The molecule has 3 nitrogen and oxygen atoms in total. The number of aryl methyl sites for hydroxylation is 2. The molecule has 0 aromatic heterocycles. The lowest BCUT2D eigenvalue weighted by molar-refractivity contribution is -0.132. The number of amides is 1. The molecule has 1 amide bonds. The Hall–Kier alpha value is -1.35. The summed E-state index contributed by atoms with van der Waals surface area (Å²) in [5, 5.41) is 10.3. The number of aliphatic hydroxyl groups excluding tert-OH is 1. The predicted octanol–water partition coefficient (Wildman–Crippen LogP) is 3.13. The van der Waals surface area contributed by atoms with Crippen LogP contribution in [0.25, 0.3) is 0 Å². The summed E-state index contributed by atoms with van der Waals surface area (Å²) in [6.07, 6.45) is 3.88. The molecule has 1 unspecified atom stereocenters. The Morgan fingerprint density at radius 2 is 1.95 bits per heavy atom. The van der Waals surface area contributed by atoms with Crippen molar-refractivity contribution < 1.29 is 9.90 Å². The lowest BCUT2D eigenvalue weighted by atomic mass is 9.97. The van der Waals surface area contributed by atoms with Gasteiger partial charge in [-0.15, -0.1) is 0 Å². The Morgan fingerprint density at radius 3 is 2.65 bits per heavy atom. The van der Waals surface area contributed by atoms with E-state index in [1.165, 1.54) is 6.42 Å². The minimum atomic E-state index is -0.538. The zero-order valence-electron chi connectivity index (χ0n) is 12.6. The molecule has 2 rings (SSSR count). The molecular formula is C17H25NO2. The maximum Gasteiger partial charge on any atom is 0.222 e. The third-order valence-electron chi connectivity index (χ3n) is 4.13. The molecule has 0 aliphatic carbocycles. The number of likely N-dealkylation sites (tertiary alicyclic amines) is 1. The second-order valence-electron chi connectivity index (χ2n) is 5.86. The average molecular weight is 275 g/mol. The molecule has 1 N–H and O–H groups in total. The smallest absolute Gasteiger partial charge is 0.222 e. The monoisotopic (exact) mass is 275 g/mol. The Bertz CT molecular complexity index is 464. The van der Waals surface area contributed by atoms with E-state index in [4.69, 9.17) is 0 Å². The lowest BCUT2D eigenvalue weighted by Crippen LogP contribution is -2.35. The maximum atomic E-state index is 12.1. The summed E-state index contributed by atoms with van der Waals surface area (Å²) >= 11 is 0. The number of aliphatic hydroxyl groups is 1. The summed E-state index contributed by atoms with van der Waals surface area (Å²) in [7, 11) is 0. The summed E-state index contributed by atoms with van der Waals surface area (Å²) in [6.45, 7) is 5.80. The number of carbonyl (C=O) groups excluding carboxylic acids is 1. The molecule has 1 aromatic rings. The first kappa shape index (κ1) is 15.0. The van der Waals surface area contributed by atoms with Gasteiger partial charge in [0.1, 0.15) is 0 Å². The number of rotatable bonds is 4. The van der Waals surface area contributed by atoms with E-state index in [-0.39, 0.29) is 5.91 Å². The zero-order chi connectivity index (χ0) is 14.5. The van der Waals surface area contributed by atoms with Crippen LogP contribution in [0.3, 0.4) is 0 Å². The zero-order valence-corrected chi connectivity index (χ0v) is 12.6. The van der Waals surface area contributed by atoms with Gasteiger partial charge in [0.05, 0.1) is 6.10 Å². The van der Waals surface area contributed by atoms with Crippen LogP contribution in [-0.2, 0) is 4.79 Å². The van der Waals surface area contributed by atoms with Gasteiger partial charge in [0.25, 0.3) is 0 Å². The van der Waals surface area contributed by atoms with Crippen molar-refractivity contribution in [2.24, 2.45) is 0 Å². The van der Waals surface area contributed by atoms with Gasteiger partial charge in [-0.05, 0) is 50.7 Å². The highest BCUT2D eigenvalue weighted by atomic mass is 16.3. The average Bonchev–Trinajstić information content (AvgIpc) is 2.47. The highest BCUT2D eigenvalue weighted by Gasteiger charge is 2.18. The highest BCUT2D eigenvalue weighted by Crippen LogP contribution is 2.23. The molecule has 0 radical (unpaired) electrons. The van der Waals surface area contributed by atoms with Gasteiger partial charge in [-0.1, -0.05) is 23.8 Å². The van der Waals surface area contributed by atoms with E-state index >= 15 is 0 Å². The Morgan fingerprint density at radius 1 is 1.25 bits per heavy atom. The maximum absolute atomic E-state index is 12.1. The fourth-order valence-corrected chi connectivity index (χ4v) is 2.84. The van der Waals surface area contributed by atoms with Crippen LogP contribution in [-0.4, -0.2) is 29.0 Å². The van der Waals surface area contributed by atoms with Crippen molar-refractivity contribution in [1.29, 1.82) is 0 Å². The van der Waals surface area contributed by atoms with Crippen molar-refractivity contribution in [2.45, 2.75) is 52.1 Å². The van der Waals surface area contributed by atoms with E-state index in [0.29, 0.717) is 12.8 Å². The van der Waals surface area contributed by atoms with Gasteiger partial charge in [-0.3, -0.25) is 4.79 Å². The van der Waals surface area contributed by atoms with Crippen LogP contribution < -0.4 is 0 Å². The first-order chi connectivity index (χ1) is 9.58. The lowest BCUT2D eigenvalue weighted by Gasteiger charge is -2.27. The van der Waals surface area contributed by atoms with Crippen molar-refractivity contribution in [3.63, 3.8) is 0 Å². The summed E-state index contributed by atoms with van der Waals surface area (Å²) in [5.74, 6) is 0.189. The Labute approximate surface area is 121 Å². The van der Waals surface area contributed by atoms with Crippen molar-refractivity contribution >= 4 is 5.91 Å². The van der Waals surface area contributed by atoms with Crippen LogP contribution in [0.15, 0.2) is 18.2 Å². The van der Waals surface area contributed by atoms with Gasteiger partial charge in [-0.25, -0.2) is 0 Å². The minimum Gasteiger partial charge on any atom is -0.388 e. The van der Waals surface area contributed by atoms with E-state index in [1.807, 2.05) is 36.9 Å². The molecular weight excluding hydrogens is 250 g/mol. The Kier molecular flexibility index (Phi) is 5.18. The molecule has 110 valence electrons. The predicted molar refractivity (Wildman–Crippen MR) is 80.5 cm³/mol. The van der Waals surface area contributed by atoms with Gasteiger partial charge in [0.2, 0.25) is 5.91 Å². The molecule has 1 aliphatic heterocycles. The SMILES string of the molecule is Cc1ccc(C)c(C(O)CCC(=O)N2CCCCC2)c1. The molecule has 1 aromatic carbocycles. The molecule has 1 aliphatic rings. The molecule has 20 heavy (non-hydrogen) atoms. The largest absolute Gasteiger partial charge is 0.388 e. The number of carbonyl (C=O) groups is 1. The number of piperidine rings is 1. The summed E-state index contributed by atoms with van der Waals surface area (Å²) in [4.78, 5) is 14.0. The number of benzene rings is 1. The van der Waals surface area contributed by atoms with Crippen molar-refractivity contribution in [3.05, 3.63) is 34.9 Å². The third-order valence-corrected chi connectivity index (χ3v) is 4.13. The van der Waals surface area contributed by atoms with Crippen LogP contribution in [0.2, 0.25) is 0 Å². The van der Waals surface area contributed by atoms with E-state index in [1.54, 1.807) is 0 Å². The number of nitrogens with zero attached hydrogens (tertiary/aromatic N) is 1. The summed E-state index contributed by atoms with van der Waals surface area (Å²) < 4.78 is 0. The second-order valence-corrected chi connectivity index (χ2v) is 5.86. The molecule has 1 heterocycles. The molecule has 1 fully saturated rings. The number of hydrogen-bond acceptors (Lipinski definition) is 2. The van der Waals surface area contributed by atoms with Crippen molar-refractivity contribution in [2.75, 3.05) is 13.1 Å². The fraction of sp³-hybridized carbons (Fsp3) is 0.588. The first-order valence-electron chi connectivity index (χ1n) is 7.61. The topological polar surface area (TPSA) is 40.5 Å². The first-order valence-corrected chi connectivity index (χ1v) is 7.61. The fourth-order valence-electron chi connectivity index (χ4n) is 2.84. The second kappa shape index (κ2) is 6.89. The van der Waals surface area contributed by atoms with Gasteiger partial charge in [0, 0.05) is 19.5 Å². The molecule has 0 saturated carbocycles. The van der Waals surface area contributed by atoms with E-state index in [0.717, 1.165) is 42.6 Å². The molecule has 0 spiro atoms. The standard InChI is InChI=1S/C17H25NO2/c1-13-6-7-14(2)15(12-13)16(19)8-9-17(20)18-10-4-3-5-11-18/h6-7,12,16,19H,3-5,8-11H2,1-2H3. The van der Waals surface area contributed by atoms with Gasteiger partial charge in [-0.2, -0.15) is 0 Å². The highest BCUT2D eigenvalue weighted by molar-refractivity contribution is 5.76. The molecule has 1 atom stereocenters. The van der Waals surface area contributed by atoms with Crippen LogP contribution in [0.1, 0.15) is 54.9 Å². The Balaban J connectivity index is 1.89. The normalized spacial score (nSPS) is 17.1. The quantitative estimate of drug-likeness (QED) is 0.917. The van der Waals surface area contributed by atoms with Crippen molar-refractivity contribution in [3.8, 4) is 0 Å². The van der Waals surface area contributed by atoms with Crippen molar-refractivity contribution in [1.82, 2.24) is 4.90 Å². The minimum absolute atomic E-state index is 0.189. The molecule has 1 saturated heterocycles. The molecule has 3 heteroatoms. The van der Waals surface area contributed by atoms with E-state index < -0.39 is 6.10 Å². The van der Waals surface area contributed by atoms with Gasteiger partial charge >= 0.3 is 0 Å². The van der Waals surface area contributed by atoms with Crippen LogP contribution in [0.5, 0.6) is 0 Å². The van der Waals surface area contributed by atoms with Crippen LogP contribution in [0, 0.1) is 13.8 Å². The van der Waals surface area contributed by atoms with E-state index in [9.17, 15) is 9.90 Å². The summed E-state index contributed by atoms with van der Waals surface area (Å²) in [6, 6.07) is 6.09. The van der Waals surface area contributed by atoms with Gasteiger partial charge in [0.15, 0.2) is 0 Å². The number of hydrogen-bond donors (Lipinski definition) is 1. The van der Waals surface area contributed by atoms with E-state index in [2.05, 4.69) is 0 Å². The van der Waals surface area contributed by atoms with Gasteiger partial charge < -0.3 is 10.0 Å².